The molecule has 1 heterocycles. The van der Waals surface area contributed by atoms with E-state index in [1.807, 2.05) is 0 Å². The second-order valence-electron chi connectivity index (χ2n) is 3.71. The van der Waals surface area contributed by atoms with Crippen LogP contribution < -0.4 is 10.5 Å². The van der Waals surface area contributed by atoms with Crippen LogP contribution in [-0.4, -0.2) is 8.42 Å². The molecule has 0 aliphatic heterocycles. The van der Waals surface area contributed by atoms with E-state index in [2.05, 4.69) is 4.72 Å². The first-order valence-corrected chi connectivity index (χ1v) is 8.29. The van der Waals surface area contributed by atoms with Crippen molar-refractivity contribution in [2.45, 2.75) is 10.8 Å². The van der Waals surface area contributed by atoms with E-state index in [1.54, 1.807) is 17.5 Å². The maximum Gasteiger partial charge on any atom is 0.271 e. The predicted octanol–water partition coefficient (Wildman–Crippen LogP) is 3.31. The number of sulfonamides is 1. The van der Waals surface area contributed by atoms with Gasteiger partial charge in [0.2, 0.25) is 0 Å². The van der Waals surface area contributed by atoms with Crippen molar-refractivity contribution in [2.75, 3.05) is 4.72 Å². The fourth-order valence-electron chi connectivity index (χ4n) is 1.37. The van der Waals surface area contributed by atoms with Crippen molar-refractivity contribution in [2.24, 2.45) is 5.73 Å². The molecule has 0 unspecified atom stereocenters. The lowest BCUT2D eigenvalue weighted by Gasteiger charge is -2.07. The van der Waals surface area contributed by atoms with Crippen LogP contribution in [0.25, 0.3) is 0 Å². The smallest absolute Gasteiger partial charge is 0.271 e. The zero-order valence-corrected chi connectivity index (χ0v) is 12.7. The van der Waals surface area contributed by atoms with Crippen LogP contribution in [-0.2, 0) is 16.6 Å². The molecule has 1 aromatic carbocycles. The third kappa shape index (κ3) is 3.40. The average Bonchev–Trinajstić information content (AvgIpc) is 2.83. The van der Waals surface area contributed by atoms with Gasteiger partial charge >= 0.3 is 0 Å². The number of hydrogen-bond acceptors (Lipinski definition) is 4. The van der Waals surface area contributed by atoms with E-state index in [9.17, 15) is 8.42 Å². The molecule has 0 aliphatic carbocycles. The van der Waals surface area contributed by atoms with E-state index >= 15 is 0 Å². The minimum Gasteiger partial charge on any atom is -0.326 e. The summed E-state index contributed by atoms with van der Waals surface area (Å²) >= 11 is 12.7. The number of hydrogen-bond donors (Lipinski definition) is 2. The van der Waals surface area contributed by atoms with E-state index in [1.165, 1.54) is 12.1 Å². The van der Waals surface area contributed by atoms with Crippen LogP contribution in [0.4, 0.5) is 5.69 Å². The molecule has 4 nitrogen and oxygen atoms in total. The van der Waals surface area contributed by atoms with Crippen LogP contribution in [0.1, 0.15) is 5.56 Å². The molecule has 0 amide bonds. The normalized spacial score (nSPS) is 11.5. The number of nitrogens with two attached hydrogens (primary N) is 1. The molecule has 19 heavy (non-hydrogen) atoms. The zero-order chi connectivity index (χ0) is 14.0. The molecule has 1 aromatic heterocycles. The topological polar surface area (TPSA) is 72.2 Å². The number of anilines is 1. The van der Waals surface area contributed by atoms with Gasteiger partial charge in [-0.3, -0.25) is 4.72 Å². The third-order valence-corrected chi connectivity index (χ3v) is 5.91. The SMILES string of the molecule is NCc1csc(S(=O)(=O)Nc2ccc(Cl)c(Cl)c2)c1. The van der Waals surface area contributed by atoms with Gasteiger partial charge in [0, 0.05) is 6.54 Å². The number of benzene rings is 1. The fourth-order valence-corrected chi connectivity index (χ4v) is 3.94. The van der Waals surface area contributed by atoms with Crippen molar-refractivity contribution in [1.82, 2.24) is 0 Å². The summed E-state index contributed by atoms with van der Waals surface area (Å²) in [7, 11) is -3.62. The van der Waals surface area contributed by atoms with Gasteiger partial charge in [-0.05, 0) is 35.2 Å². The second kappa shape index (κ2) is 5.68. The summed E-state index contributed by atoms with van der Waals surface area (Å²) in [5.41, 5.74) is 6.59. The first-order valence-electron chi connectivity index (χ1n) is 5.18. The van der Waals surface area contributed by atoms with Crippen molar-refractivity contribution < 1.29 is 8.42 Å². The highest BCUT2D eigenvalue weighted by atomic mass is 35.5. The predicted molar refractivity (Wildman–Crippen MR) is 79.5 cm³/mol. The molecule has 0 spiro atoms. The maximum atomic E-state index is 12.1. The van der Waals surface area contributed by atoms with Crippen LogP contribution in [0.5, 0.6) is 0 Å². The Morgan fingerprint density at radius 3 is 2.53 bits per heavy atom. The summed E-state index contributed by atoms with van der Waals surface area (Å²) < 4.78 is 26.9. The Labute approximate surface area is 125 Å². The average molecular weight is 337 g/mol. The number of rotatable bonds is 4. The molecular weight excluding hydrogens is 327 g/mol. The molecule has 0 radical (unpaired) electrons. The van der Waals surface area contributed by atoms with Crippen molar-refractivity contribution >= 4 is 50.2 Å². The molecule has 0 fully saturated rings. The molecule has 2 aromatic rings. The first kappa shape index (κ1) is 14.6. The van der Waals surface area contributed by atoms with Crippen molar-refractivity contribution in [3.63, 3.8) is 0 Å². The van der Waals surface area contributed by atoms with E-state index in [4.69, 9.17) is 28.9 Å². The van der Waals surface area contributed by atoms with Crippen molar-refractivity contribution in [3.8, 4) is 0 Å². The summed E-state index contributed by atoms with van der Waals surface area (Å²) in [6, 6.07) is 6.08. The highest BCUT2D eigenvalue weighted by Crippen LogP contribution is 2.27. The van der Waals surface area contributed by atoms with Crippen LogP contribution in [0.15, 0.2) is 33.9 Å². The summed E-state index contributed by atoms with van der Waals surface area (Å²) in [5, 5.41) is 2.37. The van der Waals surface area contributed by atoms with Gasteiger partial charge in [-0.1, -0.05) is 23.2 Å². The molecule has 102 valence electrons. The fraction of sp³-hybridized carbons (Fsp3) is 0.0909. The quantitative estimate of drug-likeness (QED) is 0.899. The van der Waals surface area contributed by atoms with E-state index in [-0.39, 0.29) is 9.23 Å². The van der Waals surface area contributed by atoms with Gasteiger partial charge in [0.25, 0.3) is 10.0 Å². The van der Waals surface area contributed by atoms with Gasteiger partial charge in [-0.2, -0.15) is 0 Å². The minimum atomic E-state index is -3.62. The Balaban J connectivity index is 2.28. The molecule has 8 heteroatoms. The van der Waals surface area contributed by atoms with E-state index in [0.29, 0.717) is 17.3 Å². The summed E-state index contributed by atoms with van der Waals surface area (Å²) in [6.07, 6.45) is 0. The summed E-state index contributed by atoms with van der Waals surface area (Å²) in [4.78, 5) is 0. The standard InChI is InChI=1S/C11H10Cl2N2O2S2/c12-9-2-1-8(4-10(9)13)15-19(16,17)11-3-7(5-14)6-18-11/h1-4,6,15H,5,14H2. The molecular formula is C11H10Cl2N2O2S2. The molecule has 0 atom stereocenters. The number of thiophene rings is 1. The lowest BCUT2D eigenvalue weighted by atomic mass is 10.3. The molecule has 0 saturated carbocycles. The van der Waals surface area contributed by atoms with Crippen LogP contribution in [0.2, 0.25) is 10.0 Å². The Bertz CT molecular complexity index is 698. The number of halogens is 2. The molecule has 0 aliphatic rings. The third-order valence-electron chi connectivity index (χ3n) is 2.30. The highest BCUT2D eigenvalue weighted by molar-refractivity contribution is 7.94. The number of nitrogens with one attached hydrogen (secondary N) is 1. The van der Waals surface area contributed by atoms with Crippen LogP contribution in [0, 0.1) is 0 Å². The second-order valence-corrected chi connectivity index (χ2v) is 7.35. The van der Waals surface area contributed by atoms with E-state index in [0.717, 1.165) is 16.9 Å². The van der Waals surface area contributed by atoms with E-state index < -0.39 is 10.0 Å². The van der Waals surface area contributed by atoms with Gasteiger partial charge in [0.05, 0.1) is 15.7 Å². The maximum absolute atomic E-state index is 12.1. The van der Waals surface area contributed by atoms with Gasteiger partial charge < -0.3 is 5.73 Å². The lowest BCUT2D eigenvalue weighted by Crippen LogP contribution is -2.11. The van der Waals surface area contributed by atoms with Crippen LogP contribution in [0.3, 0.4) is 0 Å². The molecule has 0 saturated heterocycles. The van der Waals surface area contributed by atoms with Gasteiger partial charge in [-0.15, -0.1) is 11.3 Å². The zero-order valence-electron chi connectivity index (χ0n) is 9.56. The Morgan fingerprint density at radius 2 is 1.95 bits per heavy atom. The van der Waals surface area contributed by atoms with Crippen molar-refractivity contribution in [1.29, 1.82) is 0 Å². The highest BCUT2D eigenvalue weighted by Gasteiger charge is 2.17. The van der Waals surface area contributed by atoms with Gasteiger partial charge in [0.1, 0.15) is 4.21 Å². The molecule has 2 rings (SSSR count). The molecule has 0 bridgehead atoms. The summed E-state index contributed by atoms with van der Waals surface area (Å²) in [6.45, 7) is 0.304. The Hall–Kier alpha value is -0.790. The van der Waals surface area contributed by atoms with Crippen molar-refractivity contribution in [3.05, 3.63) is 45.3 Å². The van der Waals surface area contributed by atoms with Gasteiger partial charge in [-0.25, -0.2) is 8.42 Å². The minimum absolute atomic E-state index is 0.207. The lowest BCUT2D eigenvalue weighted by molar-refractivity contribution is 0.603. The Kier molecular flexibility index (Phi) is 4.37. The first-order chi connectivity index (χ1) is 8.92. The van der Waals surface area contributed by atoms with Crippen LogP contribution >= 0.6 is 34.5 Å². The monoisotopic (exact) mass is 336 g/mol. The van der Waals surface area contributed by atoms with Gasteiger partial charge in [0.15, 0.2) is 0 Å². The Morgan fingerprint density at radius 1 is 1.21 bits per heavy atom. The summed E-state index contributed by atoms with van der Waals surface area (Å²) in [5.74, 6) is 0. The molecule has 3 N–H and O–H groups in total. The largest absolute Gasteiger partial charge is 0.326 e.